The molecule has 4 atom stereocenters. The number of benzene rings is 1. The normalized spacial score (nSPS) is 27.6. The van der Waals surface area contributed by atoms with E-state index in [-0.39, 0.29) is 47.6 Å². The summed E-state index contributed by atoms with van der Waals surface area (Å²) in [7, 11) is 0. The van der Waals surface area contributed by atoms with E-state index in [2.05, 4.69) is 21.7 Å². The minimum absolute atomic E-state index is 0.0235. The van der Waals surface area contributed by atoms with E-state index in [1.807, 2.05) is 0 Å². The zero-order valence-electron chi connectivity index (χ0n) is 17.8. The summed E-state index contributed by atoms with van der Waals surface area (Å²) in [5.41, 5.74) is -0.00830. The molecule has 3 fully saturated rings. The fraction of sp³-hybridized carbons (Fsp3) is 0.391. The van der Waals surface area contributed by atoms with Gasteiger partial charge >= 0.3 is 6.09 Å². The van der Waals surface area contributed by atoms with Gasteiger partial charge in [0.1, 0.15) is 23.2 Å². The number of piperidine rings is 1. The number of carbonyl (C=O) groups excluding carboxylic acids is 2. The van der Waals surface area contributed by atoms with E-state index in [9.17, 15) is 23.6 Å². The van der Waals surface area contributed by atoms with Crippen molar-refractivity contribution in [2.45, 2.75) is 18.4 Å². The summed E-state index contributed by atoms with van der Waals surface area (Å²) in [5, 5.41) is 15.5. The van der Waals surface area contributed by atoms with Gasteiger partial charge in [-0.3, -0.25) is 14.7 Å². The number of amides is 2. The first-order chi connectivity index (χ1) is 15.8. The number of anilines is 1. The molecular weight excluding hydrogens is 432 g/mol. The SMILES string of the molecule is CC(=O)NC[C@H]1CN(c2cc(F)c(-c3ccc(C4(C#N)[C@@H]5CNC[C@@H]54)nc3)c(F)c2)C(=O)O1. The third kappa shape index (κ3) is 3.40. The number of aromatic nitrogens is 1. The molecule has 1 aromatic heterocycles. The highest BCUT2D eigenvalue weighted by Gasteiger charge is 2.69. The minimum atomic E-state index is -0.847. The molecule has 5 rings (SSSR count). The van der Waals surface area contributed by atoms with Crippen molar-refractivity contribution in [3.05, 3.63) is 47.8 Å². The molecule has 1 aliphatic carbocycles. The molecule has 33 heavy (non-hydrogen) atoms. The molecule has 1 aromatic carbocycles. The van der Waals surface area contributed by atoms with E-state index in [4.69, 9.17) is 4.74 Å². The lowest BCUT2D eigenvalue weighted by molar-refractivity contribution is -0.119. The van der Waals surface area contributed by atoms with Gasteiger partial charge in [0.2, 0.25) is 5.91 Å². The van der Waals surface area contributed by atoms with Crippen LogP contribution < -0.4 is 15.5 Å². The highest BCUT2D eigenvalue weighted by Crippen LogP contribution is 2.60. The molecule has 2 N–H and O–H groups in total. The van der Waals surface area contributed by atoms with Crippen LogP contribution in [0.15, 0.2) is 30.5 Å². The van der Waals surface area contributed by atoms with Crippen molar-refractivity contribution in [3.63, 3.8) is 0 Å². The quantitative estimate of drug-likeness (QED) is 0.718. The molecule has 3 aliphatic rings. The van der Waals surface area contributed by atoms with Crippen molar-refractivity contribution in [2.75, 3.05) is 31.1 Å². The molecule has 0 radical (unpaired) electrons. The molecule has 2 aliphatic heterocycles. The lowest BCUT2D eigenvalue weighted by Gasteiger charge is -2.16. The molecule has 1 unspecified atom stereocenters. The molecule has 1 saturated carbocycles. The van der Waals surface area contributed by atoms with Crippen LogP contribution in [0.1, 0.15) is 12.6 Å². The number of fused-ring (bicyclic) bond motifs is 1. The summed E-state index contributed by atoms with van der Waals surface area (Å²) >= 11 is 0. The van der Waals surface area contributed by atoms with E-state index in [1.54, 1.807) is 12.1 Å². The van der Waals surface area contributed by atoms with Crippen molar-refractivity contribution >= 4 is 17.7 Å². The van der Waals surface area contributed by atoms with E-state index in [0.717, 1.165) is 30.1 Å². The Hall–Kier alpha value is -3.58. The number of hydrogen-bond donors (Lipinski definition) is 2. The van der Waals surface area contributed by atoms with Gasteiger partial charge in [0.25, 0.3) is 0 Å². The maximum Gasteiger partial charge on any atom is 0.414 e. The Balaban J connectivity index is 1.37. The Bertz CT molecular complexity index is 1150. The predicted octanol–water partition coefficient (Wildman–Crippen LogP) is 2.10. The van der Waals surface area contributed by atoms with Gasteiger partial charge in [0, 0.05) is 43.6 Å². The lowest BCUT2D eigenvalue weighted by atomic mass is 9.95. The third-order valence-corrected chi connectivity index (χ3v) is 6.73. The molecule has 10 heteroatoms. The Labute approximate surface area is 188 Å². The minimum Gasteiger partial charge on any atom is -0.442 e. The van der Waals surface area contributed by atoms with Crippen LogP contribution >= 0.6 is 0 Å². The van der Waals surface area contributed by atoms with Crippen LogP contribution in [0.5, 0.6) is 0 Å². The number of nitriles is 1. The first kappa shape index (κ1) is 21.3. The number of nitrogens with zero attached hydrogens (tertiary/aromatic N) is 3. The van der Waals surface area contributed by atoms with Crippen LogP contribution in [-0.2, 0) is 14.9 Å². The molecular formula is C23H21F2N5O3. The third-order valence-electron chi connectivity index (χ3n) is 6.73. The van der Waals surface area contributed by atoms with Gasteiger partial charge in [0.05, 0.1) is 36.1 Å². The van der Waals surface area contributed by atoms with Gasteiger partial charge in [-0.05, 0) is 18.2 Å². The molecule has 8 nitrogen and oxygen atoms in total. The Morgan fingerprint density at radius 3 is 2.61 bits per heavy atom. The second-order valence-electron chi connectivity index (χ2n) is 8.62. The average Bonchev–Trinajstić information content (AvgIpc) is 3.09. The molecule has 2 aromatic rings. The van der Waals surface area contributed by atoms with E-state index >= 15 is 0 Å². The second-order valence-corrected chi connectivity index (χ2v) is 8.62. The summed E-state index contributed by atoms with van der Waals surface area (Å²) in [6.07, 6.45) is 0.0210. The van der Waals surface area contributed by atoms with Gasteiger partial charge in [-0.25, -0.2) is 13.6 Å². The number of halogens is 2. The maximum atomic E-state index is 15.0. The average molecular weight is 453 g/mol. The van der Waals surface area contributed by atoms with Crippen LogP contribution in [0.4, 0.5) is 19.3 Å². The molecule has 0 bridgehead atoms. The number of ether oxygens (including phenoxy) is 1. The van der Waals surface area contributed by atoms with Crippen LogP contribution in [-0.4, -0.2) is 49.3 Å². The molecule has 170 valence electrons. The van der Waals surface area contributed by atoms with Crippen LogP contribution in [0.3, 0.4) is 0 Å². The summed E-state index contributed by atoms with van der Waals surface area (Å²) in [6, 6.07) is 7.76. The summed E-state index contributed by atoms with van der Waals surface area (Å²) < 4.78 is 35.1. The van der Waals surface area contributed by atoms with Crippen molar-refractivity contribution < 1.29 is 23.1 Å². The smallest absolute Gasteiger partial charge is 0.414 e. The number of rotatable bonds is 5. The zero-order valence-corrected chi connectivity index (χ0v) is 17.8. The maximum absolute atomic E-state index is 15.0. The zero-order chi connectivity index (χ0) is 23.3. The topological polar surface area (TPSA) is 107 Å². The van der Waals surface area contributed by atoms with Crippen molar-refractivity contribution in [3.8, 4) is 17.2 Å². The highest BCUT2D eigenvalue weighted by molar-refractivity contribution is 5.90. The molecule has 2 amide bonds. The number of nitrogens with one attached hydrogen (secondary N) is 2. The van der Waals surface area contributed by atoms with Gasteiger partial charge in [0.15, 0.2) is 0 Å². The number of pyridine rings is 1. The molecule has 0 spiro atoms. The largest absolute Gasteiger partial charge is 0.442 e. The van der Waals surface area contributed by atoms with Gasteiger partial charge < -0.3 is 15.4 Å². The van der Waals surface area contributed by atoms with Crippen LogP contribution in [0.2, 0.25) is 0 Å². The standard InChI is InChI=1S/C23H21F2N5O3/c1-12(31)28-7-15-10-30(22(32)33-15)14-4-18(24)21(19(25)5-14)13-2-3-20(29-6-13)23(11-26)16-8-27-9-17(16)23/h2-6,15-17,27H,7-10H2,1H3,(H,28,31)/t15-,16-,17+,23?/m0/s1. The summed E-state index contributed by atoms with van der Waals surface area (Å²) in [6.45, 7) is 3.03. The first-order valence-corrected chi connectivity index (χ1v) is 10.7. The van der Waals surface area contributed by atoms with Gasteiger partial charge in [-0.15, -0.1) is 0 Å². The molecule has 3 heterocycles. The van der Waals surface area contributed by atoms with Gasteiger partial charge in [-0.2, -0.15) is 5.26 Å². The Morgan fingerprint density at radius 1 is 1.33 bits per heavy atom. The van der Waals surface area contributed by atoms with Crippen molar-refractivity contribution in [1.82, 2.24) is 15.6 Å². The fourth-order valence-corrected chi connectivity index (χ4v) is 5.02. The fourth-order valence-electron chi connectivity index (χ4n) is 5.02. The van der Waals surface area contributed by atoms with Crippen LogP contribution in [0.25, 0.3) is 11.1 Å². The van der Waals surface area contributed by atoms with Crippen molar-refractivity contribution in [2.24, 2.45) is 11.8 Å². The summed E-state index contributed by atoms with van der Waals surface area (Å²) in [4.78, 5) is 28.7. The van der Waals surface area contributed by atoms with Gasteiger partial charge in [-0.1, -0.05) is 6.07 Å². The molecule has 2 saturated heterocycles. The van der Waals surface area contributed by atoms with Crippen molar-refractivity contribution in [1.29, 1.82) is 5.26 Å². The Morgan fingerprint density at radius 2 is 2.03 bits per heavy atom. The number of cyclic esters (lactones) is 1. The number of carbonyl (C=O) groups is 2. The lowest BCUT2D eigenvalue weighted by Crippen LogP contribution is -2.33. The second kappa shape index (κ2) is 7.78. The van der Waals surface area contributed by atoms with E-state index in [1.165, 1.54) is 13.1 Å². The predicted molar refractivity (Wildman–Crippen MR) is 113 cm³/mol. The van der Waals surface area contributed by atoms with Crippen LogP contribution in [0, 0.1) is 34.8 Å². The van der Waals surface area contributed by atoms with E-state index in [0.29, 0.717) is 5.69 Å². The first-order valence-electron chi connectivity index (χ1n) is 10.7. The highest BCUT2D eigenvalue weighted by atomic mass is 19.1. The van der Waals surface area contributed by atoms with E-state index < -0.39 is 29.2 Å². The summed E-state index contributed by atoms with van der Waals surface area (Å²) in [5.74, 6) is -1.54. The number of hydrogen-bond acceptors (Lipinski definition) is 6. The monoisotopic (exact) mass is 453 g/mol. The Kier molecular flexibility index (Phi) is 5.01.